The topological polar surface area (TPSA) is 102 Å². The van der Waals surface area contributed by atoms with Crippen LogP contribution in [0.1, 0.15) is 64.7 Å². The summed E-state index contributed by atoms with van der Waals surface area (Å²) < 4.78 is 5.38. The van der Waals surface area contributed by atoms with Crippen molar-refractivity contribution in [2.45, 2.75) is 72.1 Å². The molecule has 2 atom stereocenters. The highest BCUT2D eigenvalue weighted by Crippen LogP contribution is 2.28. The van der Waals surface area contributed by atoms with Crippen molar-refractivity contribution in [3.8, 4) is 0 Å². The Balaban J connectivity index is 2.18. The Morgan fingerprint density at radius 3 is 2.17 bits per heavy atom. The molecule has 0 aliphatic carbocycles. The number of nitrogens with zero attached hydrogens (tertiary/aromatic N) is 1. The van der Waals surface area contributed by atoms with E-state index >= 15 is 0 Å². The molecule has 1 unspecified atom stereocenters. The van der Waals surface area contributed by atoms with Gasteiger partial charge in [0.15, 0.2) is 0 Å². The highest BCUT2D eigenvalue weighted by atomic mass is 16.6. The zero-order valence-corrected chi connectivity index (χ0v) is 18.2. The number of primary amides is 1. The fourth-order valence-electron chi connectivity index (χ4n) is 3.35. The van der Waals surface area contributed by atoms with Crippen molar-refractivity contribution in [1.82, 2.24) is 4.90 Å². The number of nitrogens with one attached hydrogen (secondary N) is 1. The van der Waals surface area contributed by atoms with Gasteiger partial charge in [0, 0.05) is 12.2 Å². The smallest absolute Gasteiger partial charge is 0.338 e. The van der Waals surface area contributed by atoms with E-state index in [1.165, 1.54) is 0 Å². The Bertz CT molecular complexity index is 760. The van der Waals surface area contributed by atoms with Crippen molar-refractivity contribution in [2.75, 3.05) is 11.9 Å². The molecule has 1 aliphatic rings. The van der Waals surface area contributed by atoms with Crippen LogP contribution in [0.4, 0.5) is 5.69 Å². The van der Waals surface area contributed by atoms with Gasteiger partial charge in [-0.2, -0.15) is 0 Å². The van der Waals surface area contributed by atoms with Crippen LogP contribution in [0.15, 0.2) is 24.3 Å². The maximum absolute atomic E-state index is 13.2. The molecule has 3 N–H and O–H groups in total. The fourth-order valence-corrected chi connectivity index (χ4v) is 3.35. The first kappa shape index (κ1) is 22.7. The SMILES string of the molecule is CC(C)(C)OC(=O)c1ccc(NC(C(=O)N2CCC[C@H]2C(N)=O)C(C)(C)C)cc1. The van der Waals surface area contributed by atoms with E-state index in [0.29, 0.717) is 24.2 Å². The van der Waals surface area contributed by atoms with Gasteiger partial charge in [-0.25, -0.2) is 4.79 Å². The van der Waals surface area contributed by atoms with Crippen LogP contribution in [-0.2, 0) is 14.3 Å². The van der Waals surface area contributed by atoms with Gasteiger partial charge < -0.3 is 20.7 Å². The molecule has 1 heterocycles. The van der Waals surface area contributed by atoms with E-state index in [1.807, 2.05) is 41.5 Å². The van der Waals surface area contributed by atoms with Crippen molar-refractivity contribution < 1.29 is 19.1 Å². The van der Waals surface area contributed by atoms with E-state index in [0.717, 1.165) is 6.42 Å². The van der Waals surface area contributed by atoms with E-state index in [1.54, 1.807) is 29.2 Å². The van der Waals surface area contributed by atoms with Crippen molar-refractivity contribution in [2.24, 2.45) is 11.1 Å². The number of anilines is 1. The summed E-state index contributed by atoms with van der Waals surface area (Å²) in [5, 5.41) is 3.27. The molecule has 0 saturated carbocycles. The van der Waals surface area contributed by atoms with Gasteiger partial charge in [-0.1, -0.05) is 20.8 Å². The van der Waals surface area contributed by atoms with E-state index in [9.17, 15) is 14.4 Å². The minimum atomic E-state index is -0.565. The summed E-state index contributed by atoms with van der Waals surface area (Å²) in [5.74, 6) is -1.01. The van der Waals surface area contributed by atoms with Crippen LogP contribution >= 0.6 is 0 Å². The molecule has 160 valence electrons. The molecule has 29 heavy (non-hydrogen) atoms. The van der Waals surface area contributed by atoms with Gasteiger partial charge in [0.05, 0.1) is 5.56 Å². The number of nitrogens with two attached hydrogens (primary N) is 1. The normalized spacial score (nSPS) is 18.3. The molecule has 0 bridgehead atoms. The van der Waals surface area contributed by atoms with Crippen LogP contribution in [0, 0.1) is 5.41 Å². The van der Waals surface area contributed by atoms with Crippen LogP contribution in [0.3, 0.4) is 0 Å². The number of carbonyl (C=O) groups excluding carboxylic acids is 3. The first-order chi connectivity index (χ1) is 13.3. The van der Waals surface area contributed by atoms with Crippen molar-refractivity contribution in [1.29, 1.82) is 0 Å². The van der Waals surface area contributed by atoms with E-state index in [4.69, 9.17) is 10.5 Å². The average Bonchev–Trinajstić information content (AvgIpc) is 3.07. The van der Waals surface area contributed by atoms with Gasteiger partial charge in [0.2, 0.25) is 11.8 Å². The maximum atomic E-state index is 13.2. The third-order valence-electron chi connectivity index (χ3n) is 4.81. The maximum Gasteiger partial charge on any atom is 0.338 e. The minimum Gasteiger partial charge on any atom is -0.456 e. The quantitative estimate of drug-likeness (QED) is 0.736. The predicted octanol–water partition coefficient (Wildman–Crippen LogP) is 2.94. The summed E-state index contributed by atoms with van der Waals surface area (Å²) in [6, 6.07) is 5.74. The number of benzene rings is 1. The second-order valence-corrected chi connectivity index (χ2v) is 9.61. The van der Waals surface area contributed by atoms with Crippen molar-refractivity contribution >= 4 is 23.5 Å². The van der Waals surface area contributed by atoms with E-state index in [2.05, 4.69) is 5.32 Å². The monoisotopic (exact) mass is 403 g/mol. The summed E-state index contributed by atoms with van der Waals surface area (Å²) in [4.78, 5) is 38.7. The van der Waals surface area contributed by atoms with Gasteiger partial charge in [-0.05, 0) is 63.3 Å². The Kier molecular flexibility index (Phi) is 6.60. The zero-order valence-electron chi connectivity index (χ0n) is 18.2. The molecular weight excluding hydrogens is 370 g/mol. The molecule has 7 heteroatoms. The molecule has 0 spiro atoms. The first-order valence-corrected chi connectivity index (χ1v) is 9.99. The predicted molar refractivity (Wildman–Crippen MR) is 112 cm³/mol. The highest BCUT2D eigenvalue weighted by molar-refractivity contribution is 5.92. The third kappa shape index (κ3) is 5.95. The summed E-state index contributed by atoms with van der Waals surface area (Å²) >= 11 is 0. The lowest BCUT2D eigenvalue weighted by molar-refractivity contribution is -0.139. The van der Waals surface area contributed by atoms with Gasteiger partial charge in [0.25, 0.3) is 0 Å². The Labute approximate surface area is 173 Å². The molecule has 2 rings (SSSR count). The number of hydrogen-bond donors (Lipinski definition) is 2. The van der Waals surface area contributed by atoms with Crippen LogP contribution in [0.5, 0.6) is 0 Å². The lowest BCUT2D eigenvalue weighted by Gasteiger charge is -2.35. The molecule has 0 aromatic heterocycles. The van der Waals surface area contributed by atoms with E-state index < -0.39 is 35.0 Å². The summed E-state index contributed by atoms with van der Waals surface area (Å²) in [7, 11) is 0. The molecule has 1 aromatic carbocycles. The van der Waals surface area contributed by atoms with Gasteiger partial charge in [-0.15, -0.1) is 0 Å². The minimum absolute atomic E-state index is 0.144. The molecule has 0 radical (unpaired) electrons. The van der Waals surface area contributed by atoms with Crippen LogP contribution in [0.25, 0.3) is 0 Å². The second kappa shape index (κ2) is 8.43. The second-order valence-electron chi connectivity index (χ2n) is 9.61. The van der Waals surface area contributed by atoms with E-state index in [-0.39, 0.29) is 5.91 Å². The highest BCUT2D eigenvalue weighted by Gasteiger charge is 2.40. The van der Waals surface area contributed by atoms with Gasteiger partial charge in [0.1, 0.15) is 17.7 Å². The number of rotatable bonds is 5. The lowest BCUT2D eigenvalue weighted by Crippen LogP contribution is -2.53. The van der Waals surface area contributed by atoms with Crippen LogP contribution in [0.2, 0.25) is 0 Å². The summed E-state index contributed by atoms with van der Waals surface area (Å²) in [6.07, 6.45) is 1.36. The first-order valence-electron chi connectivity index (χ1n) is 9.99. The van der Waals surface area contributed by atoms with Crippen LogP contribution < -0.4 is 11.1 Å². The number of ether oxygens (including phenoxy) is 1. The molecule has 1 aromatic rings. The largest absolute Gasteiger partial charge is 0.456 e. The lowest BCUT2D eigenvalue weighted by atomic mass is 9.85. The Morgan fingerprint density at radius 2 is 1.69 bits per heavy atom. The van der Waals surface area contributed by atoms with Crippen LogP contribution in [-0.4, -0.2) is 46.9 Å². The zero-order chi connectivity index (χ0) is 22.0. The number of esters is 1. The molecule has 2 amide bonds. The molecular formula is C22H33N3O4. The van der Waals surface area contributed by atoms with Crippen molar-refractivity contribution in [3.63, 3.8) is 0 Å². The fraction of sp³-hybridized carbons (Fsp3) is 0.591. The number of amides is 2. The molecule has 7 nitrogen and oxygen atoms in total. The summed E-state index contributed by atoms with van der Waals surface area (Å²) in [6.45, 7) is 11.9. The Hall–Kier alpha value is -2.57. The third-order valence-corrected chi connectivity index (χ3v) is 4.81. The van der Waals surface area contributed by atoms with Gasteiger partial charge in [-0.3, -0.25) is 9.59 Å². The standard InChI is InChI=1S/C22H33N3O4/c1-21(2,3)17(19(27)25-13-7-8-16(25)18(23)26)24-15-11-9-14(10-12-15)20(28)29-22(4,5)6/h9-12,16-17,24H,7-8,13H2,1-6H3,(H2,23,26)/t16-,17?/m0/s1. The average molecular weight is 404 g/mol. The Morgan fingerprint density at radius 1 is 1.10 bits per heavy atom. The number of hydrogen-bond acceptors (Lipinski definition) is 5. The number of likely N-dealkylation sites (tertiary alicyclic amines) is 1. The number of carbonyl (C=O) groups is 3. The molecule has 1 saturated heterocycles. The molecule has 1 fully saturated rings. The summed E-state index contributed by atoms with van der Waals surface area (Å²) in [5.41, 5.74) is 5.67. The molecule has 1 aliphatic heterocycles. The van der Waals surface area contributed by atoms with Gasteiger partial charge >= 0.3 is 5.97 Å². The van der Waals surface area contributed by atoms with Crippen molar-refractivity contribution in [3.05, 3.63) is 29.8 Å².